The summed E-state index contributed by atoms with van der Waals surface area (Å²) in [5.41, 5.74) is 5.41. The zero-order valence-electron chi connectivity index (χ0n) is 6.46. The Morgan fingerprint density at radius 3 is 1.78 bits per heavy atom. The molecule has 0 aliphatic heterocycles. The van der Waals surface area contributed by atoms with Gasteiger partial charge in [-0.3, -0.25) is 0 Å². The van der Waals surface area contributed by atoms with Crippen molar-refractivity contribution in [3.05, 3.63) is 0 Å². The van der Waals surface area contributed by atoms with E-state index in [-0.39, 0.29) is 12.0 Å². The molecule has 2 heteroatoms. The van der Waals surface area contributed by atoms with Gasteiger partial charge in [0.2, 0.25) is 0 Å². The molecule has 2 nitrogen and oxygen atoms in total. The van der Waals surface area contributed by atoms with E-state index in [0.29, 0.717) is 12.5 Å². The quantitative estimate of drug-likeness (QED) is 0.589. The SMILES string of the molecule is CC(C)C(CN)C(C)O. The van der Waals surface area contributed by atoms with Gasteiger partial charge in [-0.15, -0.1) is 0 Å². The summed E-state index contributed by atoms with van der Waals surface area (Å²) in [6.07, 6.45) is -0.269. The van der Waals surface area contributed by atoms with Crippen LogP contribution in [0.1, 0.15) is 20.8 Å². The second-order valence-corrected chi connectivity index (χ2v) is 2.88. The average molecular weight is 131 g/mol. The van der Waals surface area contributed by atoms with Crippen molar-refractivity contribution in [2.24, 2.45) is 17.6 Å². The van der Waals surface area contributed by atoms with Crippen LogP contribution < -0.4 is 5.73 Å². The van der Waals surface area contributed by atoms with Gasteiger partial charge < -0.3 is 10.8 Å². The maximum absolute atomic E-state index is 9.10. The summed E-state index contributed by atoms with van der Waals surface area (Å²) in [5.74, 6) is 0.736. The molecule has 0 rings (SSSR count). The molecule has 0 fully saturated rings. The van der Waals surface area contributed by atoms with Crippen molar-refractivity contribution in [2.45, 2.75) is 26.9 Å². The van der Waals surface area contributed by atoms with E-state index in [1.54, 1.807) is 6.92 Å². The lowest BCUT2D eigenvalue weighted by Gasteiger charge is -2.21. The first kappa shape index (κ1) is 8.92. The molecule has 0 aromatic rings. The Labute approximate surface area is 57.1 Å². The molecule has 0 aliphatic carbocycles. The molecule has 56 valence electrons. The normalized spacial score (nSPS) is 18.0. The minimum Gasteiger partial charge on any atom is -0.393 e. The second-order valence-electron chi connectivity index (χ2n) is 2.88. The molecule has 0 aromatic carbocycles. The van der Waals surface area contributed by atoms with Crippen molar-refractivity contribution < 1.29 is 5.11 Å². The second kappa shape index (κ2) is 3.85. The maximum atomic E-state index is 9.10. The van der Waals surface area contributed by atoms with Crippen LogP contribution in [-0.4, -0.2) is 17.8 Å². The van der Waals surface area contributed by atoms with Gasteiger partial charge >= 0.3 is 0 Å². The molecule has 0 bridgehead atoms. The highest BCUT2D eigenvalue weighted by Crippen LogP contribution is 2.12. The van der Waals surface area contributed by atoms with E-state index in [0.717, 1.165) is 0 Å². The van der Waals surface area contributed by atoms with Crippen LogP contribution in [0.3, 0.4) is 0 Å². The van der Waals surface area contributed by atoms with E-state index in [4.69, 9.17) is 10.8 Å². The third kappa shape index (κ3) is 2.82. The predicted molar refractivity (Wildman–Crippen MR) is 39.1 cm³/mol. The Bertz CT molecular complexity index is 63.3. The van der Waals surface area contributed by atoms with Crippen molar-refractivity contribution >= 4 is 0 Å². The van der Waals surface area contributed by atoms with Gasteiger partial charge in [0.05, 0.1) is 6.10 Å². The highest BCUT2D eigenvalue weighted by atomic mass is 16.3. The summed E-state index contributed by atoms with van der Waals surface area (Å²) in [6, 6.07) is 0. The fraction of sp³-hybridized carbons (Fsp3) is 1.00. The molecule has 0 aromatic heterocycles. The Morgan fingerprint density at radius 1 is 1.33 bits per heavy atom. The molecule has 3 N–H and O–H groups in total. The third-order valence-electron chi connectivity index (χ3n) is 1.75. The van der Waals surface area contributed by atoms with Crippen LogP contribution in [0.2, 0.25) is 0 Å². The number of nitrogens with two attached hydrogens (primary N) is 1. The maximum Gasteiger partial charge on any atom is 0.0554 e. The molecule has 0 spiro atoms. The highest BCUT2D eigenvalue weighted by molar-refractivity contribution is 4.68. The molecule has 0 saturated carbocycles. The lowest BCUT2D eigenvalue weighted by molar-refractivity contribution is 0.103. The van der Waals surface area contributed by atoms with Crippen molar-refractivity contribution in [1.82, 2.24) is 0 Å². The molecule has 0 saturated heterocycles. The number of aliphatic hydroxyl groups excluding tert-OH is 1. The van der Waals surface area contributed by atoms with Crippen LogP contribution in [0.5, 0.6) is 0 Å². The molecule has 0 heterocycles. The minimum atomic E-state index is -0.269. The Hall–Kier alpha value is -0.0800. The smallest absolute Gasteiger partial charge is 0.0554 e. The summed E-state index contributed by atoms with van der Waals surface area (Å²) in [4.78, 5) is 0. The number of rotatable bonds is 3. The van der Waals surface area contributed by atoms with Crippen LogP contribution in [-0.2, 0) is 0 Å². The Balaban J connectivity index is 3.68. The Morgan fingerprint density at radius 2 is 1.78 bits per heavy atom. The first-order valence-corrected chi connectivity index (χ1v) is 3.47. The minimum absolute atomic E-state index is 0.255. The molecule has 0 radical (unpaired) electrons. The Kier molecular flexibility index (Phi) is 3.82. The van der Waals surface area contributed by atoms with E-state index >= 15 is 0 Å². The van der Waals surface area contributed by atoms with Crippen molar-refractivity contribution in [1.29, 1.82) is 0 Å². The van der Waals surface area contributed by atoms with Crippen molar-refractivity contribution in [3.8, 4) is 0 Å². The summed E-state index contributed by atoms with van der Waals surface area (Å²) < 4.78 is 0. The van der Waals surface area contributed by atoms with E-state index in [2.05, 4.69) is 13.8 Å². The summed E-state index contributed by atoms with van der Waals surface area (Å²) in [5, 5.41) is 9.10. The van der Waals surface area contributed by atoms with Crippen LogP contribution >= 0.6 is 0 Å². The first-order valence-electron chi connectivity index (χ1n) is 3.47. The average Bonchev–Trinajstić information content (AvgIpc) is 1.64. The largest absolute Gasteiger partial charge is 0.393 e. The lowest BCUT2D eigenvalue weighted by atomic mass is 9.91. The predicted octanol–water partition coefficient (Wildman–Crippen LogP) is 0.598. The van der Waals surface area contributed by atoms with Crippen LogP contribution in [0, 0.1) is 11.8 Å². The number of hydrogen-bond acceptors (Lipinski definition) is 2. The van der Waals surface area contributed by atoms with E-state index in [9.17, 15) is 0 Å². The van der Waals surface area contributed by atoms with E-state index in [1.165, 1.54) is 0 Å². The van der Waals surface area contributed by atoms with Crippen LogP contribution in [0.4, 0.5) is 0 Å². The first-order chi connectivity index (χ1) is 4.09. The summed E-state index contributed by atoms with van der Waals surface area (Å²) >= 11 is 0. The topological polar surface area (TPSA) is 46.2 Å². The fourth-order valence-corrected chi connectivity index (χ4v) is 1.03. The molecule has 0 amide bonds. The monoisotopic (exact) mass is 131 g/mol. The number of aliphatic hydroxyl groups is 1. The third-order valence-corrected chi connectivity index (χ3v) is 1.75. The molecule has 2 atom stereocenters. The summed E-state index contributed by atoms with van der Waals surface area (Å²) in [6.45, 7) is 6.52. The van der Waals surface area contributed by atoms with Gasteiger partial charge in [0.15, 0.2) is 0 Å². The van der Waals surface area contributed by atoms with Crippen LogP contribution in [0.15, 0.2) is 0 Å². The lowest BCUT2D eigenvalue weighted by Crippen LogP contribution is -2.29. The van der Waals surface area contributed by atoms with Gasteiger partial charge in [-0.25, -0.2) is 0 Å². The molecular weight excluding hydrogens is 114 g/mol. The molecule has 0 aliphatic rings. The highest BCUT2D eigenvalue weighted by Gasteiger charge is 2.15. The standard InChI is InChI=1S/C7H17NO/c1-5(2)7(4-8)6(3)9/h5-7,9H,4,8H2,1-3H3. The number of hydrogen-bond donors (Lipinski definition) is 2. The van der Waals surface area contributed by atoms with Gasteiger partial charge in [-0.2, -0.15) is 0 Å². The summed E-state index contributed by atoms with van der Waals surface area (Å²) in [7, 11) is 0. The van der Waals surface area contributed by atoms with Crippen LogP contribution in [0.25, 0.3) is 0 Å². The molecule has 2 unspecified atom stereocenters. The van der Waals surface area contributed by atoms with Crippen molar-refractivity contribution in [2.75, 3.05) is 6.54 Å². The van der Waals surface area contributed by atoms with Crippen molar-refractivity contribution in [3.63, 3.8) is 0 Å². The molecular formula is C7H17NO. The fourth-order valence-electron chi connectivity index (χ4n) is 1.03. The van der Waals surface area contributed by atoms with Gasteiger partial charge in [0, 0.05) is 0 Å². The zero-order valence-corrected chi connectivity index (χ0v) is 6.46. The van der Waals surface area contributed by atoms with E-state index < -0.39 is 0 Å². The molecule has 9 heavy (non-hydrogen) atoms. The van der Waals surface area contributed by atoms with Gasteiger partial charge in [0.1, 0.15) is 0 Å². The zero-order chi connectivity index (χ0) is 7.44. The van der Waals surface area contributed by atoms with Gasteiger partial charge in [-0.1, -0.05) is 13.8 Å². The van der Waals surface area contributed by atoms with E-state index in [1.807, 2.05) is 0 Å². The van der Waals surface area contributed by atoms with Gasteiger partial charge in [0.25, 0.3) is 0 Å². The van der Waals surface area contributed by atoms with Gasteiger partial charge in [-0.05, 0) is 25.3 Å².